The summed E-state index contributed by atoms with van der Waals surface area (Å²) >= 11 is 4.11. The smallest absolute Gasteiger partial charge is 0.338 e. The lowest BCUT2D eigenvalue weighted by Gasteiger charge is -2.16. The molecule has 1 N–H and O–H groups in total. The molecule has 29 heavy (non-hydrogen) atoms. The Bertz CT molecular complexity index is 837. The molecular weight excluding hydrogens is 392 g/mol. The van der Waals surface area contributed by atoms with Crippen molar-refractivity contribution in [3.8, 4) is 5.75 Å². The molecule has 0 radical (unpaired) electrons. The number of imide groups is 1. The minimum atomic E-state index is -0.732. The summed E-state index contributed by atoms with van der Waals surface area (Å²) in [6, 6.07) is 12.6. The highest BCUT2D eigenvalue weighted by molar-refractivity contribution is 7.82. The second kappa shape index (κ2) is 11.1. The molecule has 2 aromatic rings. The van der Waals surface area contributed by atoms with E-state index >= 15 is 0 Å². The molecule has 0 atom stereocenters. The molecule has 2 aromatic carbocycles. The fraction of sp³-hybridized carbons (Fsp3) is 0.286. The fourth-order valence-corrected chi connectivity index (χ4v) is 2.42. The molecule has 7 nitrogen and oxygen atoms in total. The predicted octanol–water partition coefficient (Wildman–Crippen LogP) is 3.92. The zero-order chi connectivity index (χ0) is 21.2. The van der Waals surface area contributed by atoms with Gasteiger partial charge in [-0.1, -0.05) is 43.9 Å². The molecule has 0 saturated heterocycles. The Kier molecular flexibility index (Phi) is 8.54. The van der Waals surface area contributed by atoms with Crippen LogP contribution in [0.25, 0.3) is 0 Å². The van der Waals surface area contributed by atoms with E-state index in [2.05, 4.69) is 18.1 Å². The molecule has 0 fully saturated rings. The predicted molar refractivity (Wildman–Crippen MR) is 113 cm³/mol. The number of aryl methyl sites for hydroxylation is 1. The van der Waals surface area contributed by atoms with E-state index in [1.165, 1.54) is 24.3 Å². The lowest BCUT2D eigenvalue weighted by molar-refractivity contribution is -0.121. The fourth-order valence-electron chi connectivity index (χ4n) is 2.24. The third-order valence-corrected chi connectivity index (χ3v) is 4.32. The number of urea groups is 1. The molecule has 0 saturated carbocycles. The maximum Gasteiger partial charge on any atom is 0.338 e. The Morgan fingerprint density at radius 1 is 1.03 bits per heavy atom. The number of hydrogen-bond acceptors (Lipinski definition) is 6. The second-order valence-corrected chi connectivity index (χ2v) is 6.70. The van der Waals surface area contributed by atoms with Crippen molar-refractivity contribution in [3.05, 3.63) is 59.7 Å². The molecule has 0 heterocycles. The molecule has 0 aliphatic heterocycles. The van der Waals surface area contributed by atoms with Gasteiger partial charge in [-0.3, -0.25) is 10.1 Å². The van der Waals surface area contributed by atoms with Crippen LogP contribution in [0.4, 0.5) is 10.5 Å². The van der Waals surface area contributed by atoms with Gasteiger partial charge in [-0.05, 0) is 49.7 Å². The SMILES string of the molecule is CCCCOC(=O)c1ccc(N(S)C(=O)NC(=O)COc2ccc(C)cc2)cc1. The number of carbonyl (C=O) groups is 3. The Morgan fingerprint density at radius 3 is 2.31 bits per heavy atom. The van der Waals surface area contributed by atoms with Crippen molar-refractivity contribution >= 4 is 36.4 Å². The summed E-state index contributed by atoms with van der Waals surface area (Å²) in [5.74, 6) is -0.503. The molecule has 0 aliphatic rings. The van der Waals surface area contributed by atoms with Gasteiger partial charge in [-0.2, -0.15) is 0 Å². The van der Waals surface area contributed by atoms with Crippen LogP contribution in [0.3, 0.4) is 0 Å². The van der Waals surface area contributed by atoms with Gasteiger partial charge in [-0.25, -0.2) is 13.9 Å². The summed E-state index contributed by atoms with van der Waals surface area (Å²) in [7, 11) is 0. The van der Waals surface area contributed by atoms with E-state index in [1.54, 1.807) is 12.1 Å². The van der Waals surface area contributed by atoms with Crippen molar-refractivity contribution in [2.75, 3.05) is 17.5 Å². The molecule has 2 rings (SSSR count). The highest BCUT2D eigenvalue weighted by Gasteiger charge is 2.16. The Morgan fingerprint density at radius 2 is 1.69 bits per heavy atom. The molecule has 0 spiro atoms. The molecule has 0 bridgehead atoms. The normalized spacial score (nSPS) is 10.2. The third kappa shape index (κ3) is 7.15. The van der Waals surface area contributed by atoms with Gasteiger partial charge < -0.3 is 9.47 Å². The zero-order valence-electron chi connectivity index (χ0n) is 16.4. The average Bonchev–Trinajstić information content (AvgIpc) is 2.73. The van der Waals surface area contributed by atoms with Crippen LogP contribution in [0.1, 0.15) is 35.7 Å². The van der Waals surface area contributed by atoms with Crippen LogP contribution in [0.15, 0.2) is 48.5 Å². The quantitative estimate of drug-likeness (QED) is 0.387. The molecule has 0 aromatic heterocycles. The van der Waals surface area contributed by atoms with Crippen molar-refractivity contribution in [1.29, 1.82) is 0 Å². The third-order valence-electron chi connectivity index (χ3n) is 3.91. The van der Waals surface area contributed by atoms with Crippen molar-refractivity contribution in [2.24, 2.45) is 0 Å². The van der Waals surface area contributed by atoms with Crippen LogP contribution >= 0.6 is 12.8 Å². The molecular formula is C21H24N2O5S. The largest absolute Gasteiger partial charge is 0.484 e. The number of ether oxygens (including phenoxy) is 2. The van der Waals surface area contributed by atoms with Crippen LogP contribution in [-0.2, 0) is 9.53 Å². The minimum Gasteiger partial charge on any atom is -0.484 e. The van der Waals surface area contributed by atoms with E-state index in [0.717, 1.165) is 22.7 Å². The van der Waals surface area contributed by atoms with E-state index < -0.39 is 17.9 Å². The summed E-state index contributed by atoms with van der Waals surface area (Å²) in [6.07, 6.45) is 1.74. The number of anilines is 1. The Hall–Kier alpha value is -3.00. The summed E-state index contributed by atoms with van der Waals surface area (Å²) < 4.78 is 11.4. The highest BCUT2D eigenvalue weighted by atomic mass is 32.1. The molecule has 8 heteroatoms. The van der Waals surface area contributed by atoms with Crippen LogP contribution in [0.2, 0.25) is 0 Å². The van der Waals surface area contributed by atoms with Crippen LogP contribution in [-0.4, -0.2) is 31.1 Å². The van der Waals surface area contributed by atoms with Gasteiger partial charge in [-0.15, -0.1) is 0 Å². The topological polar surface area (TPSA) is 84.9 Å². The summed E-state index contributed by atoms with van der Waals surface area (Å²) in [4.78, 5) is 36.0. The molecule has 0 aliphatic carbocycles. The zero-order valence-corrected chi connectivity index (χ0v) is 17.3. The number of thiol groups is 1. The standard InChI is InChI=1S/C21H24N2O5S/c1-3-4-13-27-20(25)16-7-9-17(10-8-16)23(29)21(26)22-19(24)14-28-18-11-5-15(2)6-12-18/h5-12,29H,3-4,13-14H2,1-2H3,(H,22,24,26). The first-order valence-electron chi connectivity index (χ1n) is 9.20. The summed E-state index contributed by atoms with van der Waals surface area (Å²) in [6.45, 7) is 4.01. The number of nitrogens with zero attached hydrogens (tertiary/aromatic N) is 1. The maximum atomic E-state index is 12.2. The summed E-state index contributed by atoms with van der Waals surface area (Å²) in [5.41, 5.74) is 1.83. The van der Waals surface area contributed by atoms with Crippen LogP contribution in [0.5, 0.6) is 5.75 Å². The number of benzene rings is 2. The molecule has 154 valence electrons. The number of nitrogens with one attached hydrogen (secondary N) is 1. The number of esters is 1. The van der Waals surface area contributed by atoms with Gasteiger partial charge in [0.2, 0.25) is 0 Å². The molecule has 0 unspecified atom stereocenters. The Balaban J connectivity index is 1.84. The number of rotatable bonds is 8. The van der Waals surface area contributed by atoms with Crippen molar-refractivity contribution < 1.29 is 23.9 Å². The van der Waals surface area contributed by atoms with Gasteiger partial charge in [0.1, 0.15) is 5.75 Å². The molecule has 3 amide bonds. The summed E-state index contributed by atoms with van der Waals surface area (Å²) in [5, 5.41) is 2.19. The van der Waals surface area contributed by atoms with Crippen molar-refractivity contribution in [2.45, 2.75) is 26.7 Å². The first-order valence-corrected chi connectivity index (χ1v) is 9.60. The Labute approximate surface area is 175 Å². The number of amides is 3. The van der Waals surface area contributed by atoms with Gasteiger partial charge in [0.25, 0.3) is 5.91 Å². The van der Waals surface area contributed by atoms with E-state index in [9.17, 15) is 14.4 Å². The lowest BCUT2D eigenvalue weighted by atomic mass is 10.2. The van der Waals surface area contributed by atoms with Gasteiger partial charge in [0.15, 0.2) is 6.61 Å². The van der Waals surface area contributed by atoms with Gasteiger partial charge >= 0.3 is 12.0 Å². The first-order chi connectivity index (χ1) is 13.9. The second-order valence-electron chi connectivity index (χ2n) is 6.30. The van der Waals surface area contributed by atoms with Crippen molar-refractivity contribution in [3.63, 3.8) is 0 Å². The van der Waals surface area contributed by atoms with Crippen molar-refractivity contribution in [1.82, 2.24) is 5.32 Å². The highest BCUT2D eigenvalue weighted by Crippen LogP contribution is 2.18. The van der Waals surface area contributed by atoms with E-state index in [4.69, 9.17) is 9.47 Å². The average molecular weight is 416 g/mol. The first kappa shape index (κ1) is 22.3. The number of hydrogen-bond donors (Lipinski definition) is 2. The monoisotopic (exact) mass is 416 g/mol. The van der Waals surface area contributed by atoms with E-state index in [1.807, 2.05) is 26.0 Å². The van der Waals surface area contributed by atoms with E-state index in [-0.39, 0.29) is 6.61 Å². The minimum absolute atomic E-state index is 0.307. The lowest BCUT2D eigenvalue weighted by Crippen LogP contribution is -2.40. The van der Waals surface area contributed by atoms with Gasteiger partial charge in [0.05, 0.1) is 17.9 Å². The number of carbonyl (C=O) groups excluding carboxylic acids is 3. The van der Waals surface area contributed by atoms with Gasteiger partial charge in [0, 0.05) is 0 Å². The van der Waals surface area contributed by atoms with Crippen LogP contribution < -0.4 is 14.4 Å². The maximum absolute atomic E-state index is 12.2. The van der Waals surface area contributed by atoms with Crippen LogP contribution in [0, 0.1) is 6.92 Å². The van der Waals surface area contributed by atoms with E-state index in [0.29, 0.717) is 23.6 Å². The number of unbranched alkanes of at least 4 members (excludes halogenated alkanes) is 1.